The summed E-state index contributed by atoms with van der Waals surface area (Å²) in [5.41, 5.74) is 6.70. The molecule has 0 aliphatic heterocycles. The molecule has 16 heavy (non-hydrogen) atoms. The van der Waals surface area contributed by atoms with Crippen molar-refractivity contribution in [2.75, 3.05) is 0 Å². The highest BCUT2D eigenvalue weighted by atomic mass is 79.9. The molecule has 1 aromatic heterocycles. The molecule has 1 heterocycles. The Morgan fingerprint density at radius 1 is 1.44 bits per heavy atom. The smallest absolute Gasteiger partial charge is 0.247 e. The molecular weight excluding hydrogens is 270 g/mol. The number of hydrogen-bond acceptors (Lipinski definition) is 4. The Hall–Kier alpha value is -1.20. The molecule has 1 unspecified atom stereocenters. The Bertz CT molecular complexity index is 484. The highest BCUT2D eigenvalue weighted by Gasteiger charge is 2.13. The summed E-state index contributed by atoms with van der Waals surface area (Å²) in [6.45, 7) is 1.98. The van der Waals surface area contributed by atoms with Crippen molar-refractivity contribution >= 4 is 15.9 Å². The zero-order valence-corrected chi connectivity index (χ0v) is 10.4. The van der Waals surface area contributed by atoms with Crippen LogP contribution in [0, 0.1) is 0 Å². The van der Waals surface area contributed by atoms with Gasteiger partial charge in [0.25, 0.3) is 0 Å². The van der Waals surface area contributed by atoms with Crippen LogP contribution in [0.15, 0.2) is 33.2 Å². The number of benzene rings is 1. The molecule has 0 bridgehead atoms. The first-order valence-electron chi connectivity index (χ1n) is 5.05. The molecule has 0 radical (unpaired) electrons. The van der Waals surface area contributed by atoms with Gasteiger partial charge in [-0.05, 0) is 24.6 Å². The Morgan fingerprint density at radius 2 is 2.25 bits per heavy atom. The summed E-state index contributed by atoms with van der Waals surface area (Å²) in [7, 11) is 0. The third-order valence-electron chi connectivity index (χ3n) is 2.27. The van der Waals surface area contributed by atoms with E-state index in [1.165, 1.54) is 0 Å². The number of nitrogens with zero attached hydrogens (tertiary/aromatic N) is 2. The number of aromatic nitrogens is 2. The van der Waals surface area contributed by atoms with Crippen molar-refractivity contribution in [3.63, 3.8) is 0 Å². The van der Waals surface area contributed by atoms with Gasteiger partial charge in [0.15, 0.2) is 0 Å². The lowest BCUT2D eigenvalue weighted by Crippen LogP contribution is -2.08. The zero-order chi connectivity index (χ0) is 11.5. The Kier molecular flexibility index (Phi) is 3.36. The molecule has 0 saturated carbocycles. The number of rotatable bonds is 3. The van der Waals surface area contributed by atoms with Gasteiger partial charge in [-0.2, -0.15) is 0 Å². The average molecular weight is 282 g/mol. The monoisotopic (exact) mass is 281 g/mol. The van der Waals surface area contributed by atoms with Crippen molar-refractivity contribution in [2.45, 2.75) is 19.4 Å². The summed E-state index contributed by atoms with van der Waals surface area (Å²) >= 11 is 3.39. The summed E-state index contributed by atoms with van der Waals surface area (Å²) in [6, 6.07) is 7.52. The van der Waals surface area contributed by atoms with Crippen LogP contribution < -0.4 is 5.73 Å². The quantitative estimate of drug-likeness (QED) is 0.940. The van der Waals surface area contributed by atoms with Gasteiger partial charge in [-0.15, -0.1) is 10.2 Å². The van der Waals surface area contributed by atoms with Crippen LogP contribution in [-0.2, 0) is 0 Å². The number of hydrogen-bond donors (Lipinski definition) is 1. The molecule has 0 saturated heterocycles. The fourth-order valence-corrected chi connectivity index (χ4v) is 1.70. The largest absolute Gasteiger partial charge is 0.419 e. The average Bonchev–Trinajstić information content (AvgIpc) is 2.77. The lowest BCUT2D eigenvalue weighted by atomic mass is 10.2. The first-order chi connectivity index (χ1) is 7.70. The van der Waals surface area contributed by atoms with Crippen LogP contribution >= 0.6 is 15.9 Å². The lowest BCUT2D eigenvalue weighted by Gasteiger charge is -2.00. The minimum atomic E-state index is -0.187. The van der Waals surface area contributed by atoms with E-state index in [0.29, 0.717) is 11.8 Å². The molecule has 4 nitrogen and oxygen atoms in total. The second kappa shape index (κ2) is 4.76. The molecule has 2 aromatic rings. The summed E-state index contributed by atoms with van der Waals surface area (Å²) in [4.78, 5) is 0. The van der Waals surface area contributed by atoms with E-state index in [4.69, 9.17) is 10.2 Å². The Labute approximate surface area is 102 Å². The van der Waals surface area contributed by atoms with Crippen molar-refractivity contribution in [2.24, 2.45) is 5.73 Å². The van der Waals surface area contributed by atoms with Crippen LogP contribution in [0.25, 0.3) is 11.5 Å². The van der Waals surface area contributed by atoms with E-state index < -0.39 is 0 Å². The Morgan fingerprint density at radius 3 is 2.94 bits per heavy atom. The van der Waals surface area contributed by atoms with E-state index in [1.807, 2.05) is 31.2 Å². The summed E-state index contributed by atoms with van der Waals surface area (Å²) in [6.07, 6.45) is 0.778. The second-order valence-corrected chi connectivity index (χ2v) is 4.39. The fourth-order valence-electron chi connectivity index (χ4n) is 1.30. The van der Waals surface area contributed by atoms with E-state index in [0.717, 1.165) is 16.5 Å². The standard InChI is InChI=1S/C11H12BrN3O/c1-2-9(13)11-15-14-10(16-11)7-4-3-5-8(12)6-7/h3-6,9H,2,13H2,1H3. The number of nitrogens with two attached hydrogens (primary N) is 1. The maximum Gasteiger partial charge on any atom is 0.247 e. The molecule has 2 rings (SSSR count). The molecule has 0 aliphatic rings. The molecule has 0 amide bonds. The SMILES string of the molecule is CCC(N)c1nnc(-c2cccc(Br)c2)o1. The van der Waals surface area contributed by atoms with Crippen molar-refractivity contribution in [1.82, 2.24) is 10.2 Å². The van der Waals surface area contributed by atoms with Crippen molar-refractivity contribution in [1.29, 1.82) is 0 Å². The van der Waals surface area contributed by atoms with E-state index in [-0.39, 0.29) is 6.04 Å². The van der Waals surface area contributed by atoms with E-state index in [9.17, 15) is 0 Å². The maximum absolute atomic E-state index is 5.81. The van der Waals surface area contributed by atoms with E-state index in [2.05, 4.69) is 26.1 Å². The molecule has 1 aromatic carbocycles. The van der Waals surface area contributed by atoms with E-state index >= 15 is 0 Å². The van der Waals surface area contributed by atoms with Crippen LogP contribution in [0.1, 0.15) is 25.3 Å². The summed E-state index contributed by atoms with van der Waals surface area (Å²) in [5.74, 6) is 0.984. The minimum absolute atomic E-state index is 0.187. The van der Waals surface area contributed by atoms with E-state index in [1.54, 1.807) is 0 Å². The van der Waals surface area contributed by atoms with Crippen LogP contribution in [0.5, 0.6) is 0 Å². The van der Waals surface area contributed by atoms with Crippen molar-refractivity contribution in [3.05, 3.63) is 34.6 Å². The molecule has 0 fully saturated rings. The highest BCUT2D eigenvalue weighted by molar-refractivity contribution is 9.10. The van der Waals surface area contributed by atoms with Gasteiger partial charge in [0.05, 0.1) is 6.04 Å². The summed E-state index contributed by atoms with van der Waals surface area (Å²) in [5, 5.41) is 7.92. The Balaban J connectivity index is 2.31. The molecule has 0 aliphatic carbocycles. The first-order valence-corrected chi connectivity index (χ1v) is 5.85. The molecular formula is C11H12BrN3O. The van der Waals surface area contributed by atoms with Gasteiger partial charge in [0.2, 0.25) is 11.8 Å². The van der Waals surface area contributed by atoms with Crippen molar-refractivity contribution < 1.29 is 4.42 Å². The van der Waals surface area contributed by atoms with Gasteiger partial charge in [0.1, 0.15) is 0 Å². The van der Waals surface area contributed by atoms with Gasteiger partial charge >= 0.3 is 0 Å². The fraction of sp³-hybridized carbons (Fsp3) is 0.273. The van der Waals surface area contributed by atoms with Crippen LogP contribution in [0.2, 0.25) is 0 Å². The predicted octanol–water partition coefficient (Wildman–Crippen LogP) is 2.91. The maximum atomic E-state index is 5.81. The number of halogens is 1. The highest BCUT2D eigenvalue weighted by Crippen LogP contribution is 2.23. The minimum Gasteiger partial charge on any atom is -0.419 e. The molecule has 0 spiro atoms. The lowest BCUT2D eigenvalue weighted by molar-refractivity contribution is 0.452. The van der Waals surface area contributed by atoms with Gasteiger partial charge in [0, 0.05) is 10.0 Å². The predicted molar refractivity (Wildman–Crippen MR) is 64.7 cm³/mol. The van der Waals surface area contributed by atoms with Gasteiger partial charge in [-0.1, -0.05) is 28.9 Å². The zero-order valence-electron chi connectivity index (χ0n) is 8.85. The third kappa shape index (κ3) is 2.31. The van der Waals surface area contributed by atoms with Crippen LogP contribution in [0.3, 0.4) is 0 Å². The first kappa shape index (κ1) is 11.3. The molecule has 1 atom stereocenters. The van der Waals surface area contributed by atoms with Crippen molar-refractivity contribution in [3.8, 4) is 11.5 Å². The molecule has 2 N–H and O–H groups in total. The topological polar surface area (TPSA) is 64.9 Å². The molecule has 5 heteroatoms. The third-order valence-corrected chi connectivity index (χ3v) is 2.76. The van der Waals surface area contributed by atoms with Crippen LogP contribution in [0.4, 0.5) is 0 Å². The second-order valence-electron chi connectivity index (χ2n) is 3.47. The van der Waals surface area contributed by atoms with Gasteiger partial charge in [-0.25, -0.2) is 0 Å². The van der Waals surface area contributed by atoms with Gasteiger partial charge in [-0.3, -0.25) is 0 Å². The van der Waals surface area contributed by atoms with Gasteiger partial charge < -0.3 is 10.2 Å². The normalized spacial score (nSPS) is 12.7. The van der Waals surface area contributed by atoms with Crippen LogP contribution in [-0.4, -0.2) is 10.2 Å². The summed E-state index contributed by atoms with van der Waals surface area (Å²) < 4.78 is 6.49. The molecule has 84 valence electrons.